The zero-order chi connectivity index (χ0) is 10.5. The van der Waals surface area contributed by atoms with Gasteiger partial charge in [-0.2, -0.15) is 0 Å². The van der Waals surface area contributed by atoms with Crippen molar-refractivity contribution in [2.75, 3.05) is 0 Å². The van der Waals surface area contributed by atoms with Gasteiger partial charge in [-0.05, 0) is 36.0 Å². The fourth-order valence-corrected chi connectivity index (χ4v) is 2.01. The molecule has 0 amide bonds. The molecule has 0 nitrogen and oxygen atoms in total. The molecule has 76 valence electrons. The summed E-state index contributed by atoms with van der Waals surface area (Å²) in [5, 5.41) is 0. The zero-order valence-corrected chi connectivity index (χ0v) is 8.95. The average Bonchev–Trinajstić information content (AvgIpc) is 2.31. The lowest BCUT2D eigenvalue weighted by Crippen LogP contribution is -1.94. The smallest absolute Gasteiger partial charge is 0.0224 e. The first-order valence-electron chi connectivity index (χ1n) is 5.48. The summed E-state index contributed by atoms with van der Waals surface area (Å²) >= 11 is 0. The Bertz CT molecular complexity index is 393. The molecular weight excluding hydrogens is 180 g/mol. The first kappa shape index (κ1) is 9.97. The van der Waals surface area contributed by atoms with Crippen LogP contribution >= 0.6 is 0 Å². The van der Waals surface area contributed by atoms with Gasteiger partial charge in [-0.15, -0.1) is 0 Å². The zero-order valence-electron chi connectivity index (χ0n) is 8.95. The highest BCUT2D eigenvalue weighted by molar-refractivity contribution is 5.69. The van der Waals surface area contributed by atoms with E-state index in [9.17, 15) is 0 Å². The van der Waals surface area contributed by atoms with E-state index in [1.807, 2.05) is 6.08 Å². The summed E-state index contributed by atoms with van der Waals surface area (Å²) in [5.74, 6) is 0. The molecule has 0 atom stereocenters. The summed E-state index contributed by atoms with van der Waals surface area (Å²) in [6.07, 6.45) is 9.92. The Hall–Kier alpha value is -1.56. The maximum atomic E-state index is 3.75. The Labute approximate surface area is 91.6 Å². The monoisotopic (exact) mass is 196 g/mol. The number of allylic oxidation sites excluding steroid dienone is 5. The fourth-order valence-electron chi connectivity index (χ4n) is 2.01. The molecule has 1 aromatic carbocycles. The predicted octanol–water partition coefficient (Wildman–Crippen LogP) is 4.37. The minimum Gasteiger partial charge on any atom is -0.0991 e. The number of benzene rings is 1. The third-order valence-corrected chi connectivity index (χ3v) is 2.75. The Morgan fingerprint density at radius 3 is 2.60 bits per heavy atom. The third-order valence-electron chi connectivity index (χ3n) is 2.75. The van der Waals surface area contributed by atoms with Gasteiger partial charge in [-0.25, -0.2) is 0 Å². The second-order valence-corrected chi connectivity index (χ2v) is 3.87. The Balaban J connectivity index is 2.30. The second kappa shape index (κ2) is 4.79. The quantitative estimate of drug-likeness (QED) is 0.659. The SMILES string of the molecule is C=C/C=C1/C=C(c2ccccc2)CCC1. The molecule has 0 saturated heterocycles. The van der Waals surface area contributed by atoms with E-state index in [0.717, 1.165) is 0 Å². The summed E-state index contributed by atoms with van der Waals surface area (Å²) in [6.45, 7) is 3.75. The first-order valence-corrected chi connectivity index (χ1v) is 5.48. The van der Waals surface area contributed by atoms with Gasteiger partial charge in [-0.1, -0.05) is 55.1 Å². The van der Waals surface area contributed by atoms with Crippen LogP contribution in [-0.4, -0.2) is 0 Å². The third kappa shape index (κ3) is 2.47. The van der Waals surface area contributed by atoms with Crippen molar-refractivity contribution in [3.63, 3.8) is 0 Å². The Morgan fingerprint density at radius 1 is 1.07 bits per heavy atom. The van der Waals surface area contributed by atoms with E-state index in [2.05, 4.69) is 49.1 Å². The van der Waals surface area contributed by atoms with Crippen molar-refractivity contribution < 1.29 is 0 Å². The molecule has 0 saturated carbocycles. The molecule has 0 unspecified atom stereocenters. The van der Waals surface area contributed by atoms with Crippen LogP contribution in [0.3, 0.4) is 0 Å². The van der Waals surface area contributed by atoms with E-state index in [4.69, 9.17) is 0 Å². The van der Waals surface area contributed by atoms with Gasteiger partial charge >= 0.3 is 0 Å². The second-order valence-electron chi connectivity index (χ2n) is 3.87. The van der Waals surface area contributed by atoms with E-state index in [1.54, 1.807) is 0 Å². The van der Waals surface area contributed by atoms with Crippen molar-refractivity contribution in [3.8, 4) is 0 Å². The average molecular weight is 196 g/mol. The van der Waals surface area contributed by atoms with Gasteiger partial charge < -0.3 is 0 Å². The van der Waals surface area contributed by atoms with Gasteiger partial charge in [-0.3, -0.25) is 0 Å². The lowest BCUT2D eigenvalue weighted by Gasteiger charge is -2.15. The van der Waals surface area contributed by atoms with Crippen LogP contribution in [-0.2, 0) is 0 Å². The van der Waals surface area contributed by atoms with Gasteiger partial charge in [0, 0.05) is 0 Å². The molecule has 0 aromatic heterocycles. The molecule has 0 radical (unpaired) electrons. The standard InChI is InChI=1S/C15H16/c1-2-7-13-8-6-11-15(12-13)14-9-4-3-5-10-14/h2-5,7,9-10,12H,1,6,8,11H2/b13-7+. The van der Waals surface area contributed by atoms with E-state index in [1.165, 1.54) is 36.0 Å². The minimum atomic E-state index is 1.18. The Kier molecular flexibility index (Phi) is 3.18. The van der Waals surface area contributed by atoms with E-state index in [-0.39, 0.29) is 0 Å². The van der Waals surface area contributed by atoms with Crippen LogP contribution in [0.1, 0.15) is 24.8 Å². The number of hydrogen-bond acceptors (Lipinski definition) is 0. The molecule has 0 bridgehead atoms. The summed E-state index contributed by atoms with van der Waals surface area (Å²) < 4.78 is 0. The van der Waals surface area contributed by atoms with Crippen LogP contribution in [0.15, 0.2) is 60.7 Å². The highest BCUT2D eigenvalue weighted by Gasteiger charge is 2.08. The predicted molar refractivity (Wildman–Crippen MR) is 66.6 cm³/mol. The van der Waals surface area contributed by atoms with Crippen molar-refractivity contribution in [1.29, 1.82) is 0 Å². The highest BCUT2D eigenvalue weighted by atomic mass is 14.1. The van der Waals surface area contributed by atoms with Gasteiger partial charge in [0.25, 0.3) is 0 Å². The van der Waals surface area contributed by atoms with E-state index < -0.39 is 0 Å². The van der Waals surface area contributed by atoms with Crippen molar-refractivity contribution in [2.24, 2.45) is 0 Å². The van der Waals surface area contributed by atoms with Crippen molar-refractivity contribution in [2.45, 2.75) is 19.3 Å². The lowest BCUT2D eigenvalue weighted by molar-refractivity contribution is 0.834. The molecule has 0 heterocycles. The summed E-state index contributed by atoms with van der Waals surface area (Å²) in [4.78, 5) is 0. The first-order chi connectivity index (χ1) is 7.40. The van der Waals surface area contributed by atoms with Gasteiger partial charge in [0.05, 0.1) is 0 Å². The maximum Gasteiger partial charge on any atom is -0.0224 e. The highest BCUT2D eigenvalue weighted by Crippen LogP contribution is 2.29. The van der Waals surface area contributed by atoms with Crippen LogP contribution in [0, 0.1) is 0 Å². The molecule has 2 rings (SSSR count). The molecule has 1 aliphatic rings. The summed E-state index contributed by atoms with van der Waals surface area (Å²) in [7, 11) is 0. The lowest BCUT2D eigenvalue weighted by atomic mass is 9.90. The van der Waals surface area contributed by atoms with Crippen LogP contribution in [0.4, 0.5) is 0 Å². The van der Waals surface area contributed by atoms with Crippen molar-refractivity contribution in [3.05, 3.63) is 66.3 Å². The van der Waals surface area contributed by atoms with Gasteiger partial charge in [0.15, 0.2) is 0 Å². The topological polar surface area (TPSA) is 0 Å². The van der Waals surface area contributed by atoms with Gasteiger partial charge in [0.2, 0.25) is 0 Å². The molecule has 1 aliphatic carbocycles. The van der Waals surface area contributed by atoms with Crippen LogP contribution in [0.2, 0.25) is 0 Å². The summed E-state index contributed by atoms with van der Waals surface area (Å²) in [6, 6.07) is 10.6. The van der Waals surface area contributed by atoms with Crippen LogP contribution in [0.5, 0.6) is 0 Å². The molecule has 0 aliphatic heterocycles. The van der Waals surface area contributed by atoms with Crippen LogP contribution < -0.4 is 0 Å². The van der Waals surface area contributed by atoms with Crippen molar-refractivity contribution in [1.82, 2.24) is 0 Å². The minimum absolute atomic E-state index is 1.18. The molecule has 15 heavy (non-hydrogen) atoms. The van der Waals surface area contributed by atoms with Crippen molar-refractivity contribution >= 4 is 5.57 Å². The number of hydrogen-bond donors (Lipinski definition) is 0. The molecule has 1 aromatic rings. The van der Waals surface area contributed by atoms with E-state index >= 15 is 0 Å². The van der Waals surface area contributed by atoms with Crippen LogP contribution in [0.25, 0.3) is 5.57 Å². The Morgan fingerprint density at radius 2 is 1.87 bits per heavy atom. The maximum absolute atomic E-state index is 3.75. The molecule has 0 fully saturated rings. The largest absolute Gasteiger partial charge is 0.0991 e. The molecule has 0 heteroatoms. The normalized spacial score (nSPS) is 18.7. The van der Waals surface area contributed by atoms with Gasteiger partial charge in [0.1, 0.15) is 0 Å². The number of rotatable bonds is 2. The molecule has 0 N–H and O–H groups in total. The van der Waals surface area contributed by atoms with E-state index in [0.29, 0.717) is 0 Å². The summed E-state index contributed by atoms with van der Waals surface area (Å²) in [5.41, 5.74) is 4.21. The molecular formula is C15H16. The fraction of sp³-hybridized carbons (Fsp3) is 0.200. The molecule has 0 spiro atoms.